The van der Waals surface area contributed by atoms with E-state index in [9.17, 15) is 18.0 Å². The zero-order valence-electron chi connectivity index (χ0n) is 19.7. The lowest BCUT2D eigenvalue weighted by atomic mass is 9.78. The fraction of sp³-hybridized carbons (Fsp3) is 0.407. The van der Waals surface area contributed by atoms with Crippen molar-refractivity contribution in [2.75, 3.05) is 24.7 Å². The molecular weight excluding hydrogens is 473 g/mol. The molecule has 1 aliphatic heterocycles. The van der Waals surface area contributed by atoms with Crippen molar-refractivity contribution in [1.82, 2.24) is 4.98 Å². The number of nitrogens with zero attached hydrogens (tertiary/aromatic N) is 2. The van der Waals surface area contributed by atoms with Crippen LogP contribution in [0.25, 0.3) is 11.1 Å². The molecule has 1 atom stereocenters. The van der Waals surface area contributed by atoms with E-state index in [0.29, 0.717) is 38.2 Å². The molecule has 2 aromatic carbocycles. The van der Waals surface area contributed by atoms with Crippen LogP contribution in [-0.2, 0) is 23.8 Å². The van der Waals surface area contributed by atoms with Gasteiger partial charge in [-0.05, 0) is 41.0 Å². The van der Waals surface area contributed by atoms with Crippen molar-refractivity contribution in [3.63, 3.8) is 0 Å². The van der Waals surface area contributed by atoms with Crippen molar-refractivity contribution in [2.24, 2.45) is 5.41 Å². The molecule has 1 aromatic heterocycles. The number of benzene rings is 2. The van der Waals surface area contributed by atoms with Crippen molar-refractivity contribution >= 4 is 22.3 Å². The number of aromatic nitrogens is 1. The predicted octanol–water partition coefficient (Wildman–Crippen LogP) is 6.43. The molecule has 0 N–H and O–H groups in total. The van der Waals surface area contributed by atoms with E-state index >= 15 is 0 Å². The molecule has 0 radical (unpaired) electrons. The van der Waals surface area contributed by atoms with E-state index in [1.807, 2.05) is 12.1 Å². The van der Waals surface area contributed by atoms with E-state index in [1.165, 1.54) is 23.5 Å². The summed E-state index contributed by atoms with van der Waals surface area (Å²) >= 11 is 1.45. The SMILES string of the molecule is CC1(C)CC(=O)c2sc(N3CCOC[C@@H]3Cc3cccc(-c4ccccc4C(F)(F)F)c3)nc2C1. The molecule has 8 heteroatoms. The van der Waals surface area contributed by atoms with Gasteiger partial charge in [-0.3, -0.25) is 4.79 Å². The summed E-state index contributed by atoms with van der Waals surface area (Å²) < 4.78 is 46.5. The molecule has 0 spiro atoms. The molecule has 184 valence electrons. The number of ketones is 1. The van der Waals surface area contributed by atoms with Gasteiger partial charge in [-0.25, -0.2) is 4.98 Å². The summed E-state index contributed by atoms with van der Waals surface area (Å²) in [4.78, 5) is 20.5. The molecule has 0 saturated carbocycles. The minimum atomic E-state index is -4.42. The second-order valence-corrected chi connectivity index (χ2v) is 11.1. The minimum absolute atomic E-state index is 0.0208. The van der Waals surface area contributed by atoms with Crippen LogP contribution in [0.1, 0.15) is 46.8 Å². The first-order chi connectivity index (χ1) is 16.6. The van der Waals surface area contributed by atoms with Crippen molar-refractivity contribution < 1.29 is 22.7 Å². The minimum Gasteiger partial charge on any atom is -0.377 e. The number of fused-ring (bicyclic) bond motifs is 1. The van der Waals surface area contributed by atoms with Crippen molar-refractivity contribution in [2.45, 2.75) is 45.3 Å². The summed E-state index contributed by atoms with van der Waals surface area (Å²) in [5, 5.41) is 0.827. The molecular formula is C27H27F3N2O2S. The van der Waals surface area contributed by atoms with Gasteiger partial charge in [0.15, 0.2) is 10.9 Å². The van der Waals surface area contributed by atoms with E-state index < -0.39 is 11.7 Å². The number of alkyl halides is 3. The number of halogens is 3. The van der Waals surface area contributed by atoms with Gasteiger partial charge in [0.25, 0.3) is 0 Å². The molecule has 1 saturated heterocycles. The summed E-state index contributed by atoms with van der Waals surface area (Å²) in [7, 11) is 0. The standard InChI is InChI=1S/C27H27F3N2O2S/c1-26(2)14-22-24(23(33)15-26)35-25(31-22)32-10-11-34-16-19(32)13-17-6-5-7-18(12-17)20-8-3-4-9-21(20)27(28,29)30/h3-9,12,19H,10-11,13-16H2,1-2H3/t19-/m0/s1. The zero-order valence-corrected chi connectivity index (χ0v) is 20.5. The average Bonchev–Trinajstić information content (AvgIpc) is 3.22. The molecule has 5 rings (SSSR count). The van der Waals surface area contributed by atoms with E-state index in [0.717, 1.165) is 33.8 Å². The zero-order chi connectivity index (χ0) is 24.8. The van der Waals surface area contributed by atoms with Gasteiger partial charge in [0.1, 0.15) is 0 Å². The van der Waals surface area contributed by atoms with Crippen molar-refractivity contribution in [1.29, 1.82) is 0 Å². The average molecular weight is 501 g/mol. The lowest BCUT2D eigenvalue weighted by Crippen LogP contribution is -2.46. The van der Waals surface area contributed by atoms with Crippen molar-refractivity contribution in [3.8, 4) is 11.1 Å². The molecule has 2 heterocycles. The Bertz CT molecular complexity index is 1250. The highest BCUT2D eigenvalue weighted by Crippen LogP contribution is 2.40. The highest BCUT2D eigenvalue weighted by atomic mass is 32.1. The summed E-state index contributed by atoms with van der Waals surface area (Å²) in [6, 6.07) is 12.9. The lowest BCUT2D eigenvalue weighted by Gasteiger charge is -2.35. The number of Topliss-reactive ketones (excluding diaryl/α,β-unsaturated/α-hetero) is 1. The van der Waals surface area contributed by atoms with Gasteiger partial charge in [0.2, 0.25) is 0 Å². The maximum atomic E-state index is 13.6. The van der Waals surface area contributed by atoms with Gasteiger partial charge < -0.3 is 9.64 Å². The smallest absolute Gasteiger partial charge is 0.377 e. The third kappa shape index (κ3) is 5.00. The molecule has 1 aliphatic carbocycles. The first-order valence-electron chi connectivity index (χ1n) is 11.7. The number of anilines is 1. The molecule has 0 amide bonds. The van der Waals surface area contributed by atoms with Crippen LogP contribution >= 0.6 is 11.3 Å². The second-order valence-electron chi connectivity index (χ2n) is 10.1. The highest BCUT2D eigenvalue weighted by Gasteiger charge is 2.36. The van der Waals surface area contributed by atoms with Gasteiger partial charge in [-0.15, -0.1) is 0 Å². The van der Waals surface area contributed by atoms with Gasteiger partial charge in [0.05, 0.1) is 35.4 Å². The van der Waals surface area contributed by atoms with Crippen LogP contribution in [0.4, 0.5) is 18.3 Å². The Morgan fingerprint density at radius 1 is 1.14 bits per heavy atom. The van der Waals surface area contributed by atoms with Crippen molar-refractivity contribution in [3.05, 3.63) is 70.2 Å². The number of carbonyl (C=O) groups excluding carboxylic acids is 1. The quantitative estimate of drug-likeness (QED) is 0.414. The monoisotopic (exact) mass is 500 g/mol. The summed E-state index contributed by atoms with van der Waals surface area (Å²) in [6.45, 7) is 5.90. The van der Waals surface area contributed by atoms with Gasteiger partial charge in [-0.1, -0.05) is 67.6 Å². The third-order valence-corrected chi connectivity index (χ3v) is 7.82. The molecule has 2 aliphatic rings. The second kappa shape index (κ2) is 9.06. The first kappa shape index (κ1) is 24.0. The molecule has 3 aromatic rings. The summed E-state index contributed by atoms with van der Waals surface area (Å²) in [5.74, 6) is 0.154. The van der Waals surface area contributed by atoms with Crippen LogP contribution in [0.3, 0.4) is 0 Å². The van der Waals surface area contributed by atoms with Gasteiger partial charge in [-0.2, -0.15) is 13.2 Å². The Labute approximate surface area is 206 Å². The van der Waals surface area contributed by atoms with Crippen LogP contribution in [0, 0.1) is 5.41 Å². The van der Waals surface area contributed by atoms with Crippen LogP contribution in [0.5, 0.6) is 0 Å². The number of ether oxygens (including phenoxy) is 1. The topological polar surface area (TPSA) is 42.4 Å². The maximum Gasteiger partial charge on any atom is 0.417 e. The fourth-order valence-corrected chi connectivity index (χ4v) is 6.14. The number of carbonyl (C=O) groups is 1. The number of thiazole rings is 1. The largest absolute Gasteiger partial charge is 0.417 e. The molecule has 0 bridgehead atoms. The molecule has 1 fully saturated rings. The number of hydrogen-bond acceptors (Lipinski definition) is 5. The third-order valence-electron chi connectivity index (χ3n) is 6.64. The summed E-state index contributed by atoms with van der Waals surface area (Å²) in [5.41, 5.74) is 1.79. The van der Waals surface area contributed by atoms with Crippen LogP contribution in [0.2, 0.25) is 0 Å². The Kier molecular flexibility index (Phi) is 6.21. The van der Waals surface area contributed by atoms with E-state index in [-0.39, 0.29) is 22.8 Å². The Balaban J connectivity index is 1.42. The van der Waals surface area contributed by atoms with Crippen LogP contribution in [0.15, 0.2) is 48.5 Å². The van der Waals surface area contributed by atoms with Gasteiger partial charge >= 0.3 is 6.18 Å². The van der Waals surface area contributed by atoms with Gasteiger partial charge in [0, 0.05) is 13.0 Å². The summed E-state index contributed by atoms with van der Waals surface area (Å²) in [6.07, 6.45) is -2.51. The Morgan fingerprint density at radius 2 is 1.94 bits per heavy atom. The van der Waals surface area contributed by atoms with Crippen LogP contribution < -0.4 is 4.90 Å². The normalized spacial score (nSPS) is 20.1. The van der Waals surface area contributed by atoms with E-state index in [2.05, 4.69) is 18.7 Å². The lowest BCUT2D eigenvalue weighted by molar-refractivity contribution is -0.137. The maximum absolute atomic E-state index is 13.6. The number of morpholine rings is 1. The molecule has 4 nitrogen and oxygen atoms in total. The van der Waals surface area contributed by atoms with E-state index in [4.69, 9.17) is 9.72 Å². The first-order valence-corrected chi connectivity index (χ1v) is 12.6. The number of hydrogen-bond donors (Lipinski definition) is 0. The predicted molar refractivity (Wildman–Crippen MR) is 131 cm³/mol. The van der Waals surface area contributed by atoms with Crippen LogP contribution in [-0.4, -0.2) is 36.6 Å². The number of rotatable bonds is 4. The highest BCUT2D eigenvalue weighted by molar-refractivity contribution is 7.17. The molecule has 0 unspecified atom stereocenters. The van der Waals surface area contributed by atoms with E-state index in [1.54, 1.807) is 18.2 Å². The Morgan fingerprint density at radius 3 is 2.74 bits per heavy atom. The Hall–Kier alpha value is -2.71. The fourth-order valence-electron chi connectivity index (χ4n) is 5.03. The molecule has 35 heavy (non-hydrogen) atoms.